The number of ether oxygens (including phenoxy) is 1. The van der Waals surface area contributed by atoms with Crippen molar-refractivity contribution in [3.63, 3.8) is 0 Å². The number of hydrogen-bond acceptors (Lipinski definition) is 5. The largest absolute Gasteiger partial charge is 0.461 e. The number of carbonyl (C=O) groups is 1. The first-order valence-electron chi connectivity index (χ1n) is 7.28. The summed E-state index contributed by atoms with van der Waals surface area (Å²) in [5, 5.41) is 0.442. The Morgan fingerprint density at radius 3 is 2.75 bits per heavy atom. The summed E-state index contributed by atoms with van der Waals surface area (Å²) in [6.45, 7) is 2.08. The average Bonchev–Trinajstić information content (AvgIpc) is 2.83. The normalized spacial score (nSPS) is 14.8. The lowest BCUT2D eigenvalue weighted by Gasteiger charge is -2.05. The van der Waals surface area contributed by atoms with Crippen LogP contribution in [0.1, 0.15) is 21.5 Å². The molecule has 24 heavy (non-hydrogen) atoms. The maximum atomic E-state index is 11.9. The summed E-state index contributed by atoms with van der Waals surface area (Å²) < 4.78 is 32.9. The molecular formula is C17H15NO4S2. The number of esters is 1. The fourth-order valence-corrected chi connectivity index (χ4v) is 4.68. The number of thioether (sulfide) groups is 1. The Morgan fingerprint density at radius 2 is 1.96 bits per heavy atom. The lowest BCUT2D eigenvalue weighted by atomic mass is 10.1. The number of fused-ring (bicyclic) bond motifs is 1. The Bertz CT molecular complexity index is 920. The zero-order valence-corrected chi connectivity index (χ0v) is 14.6. The molecule has 0 radical (unpaired) electrons. The first kappa shape index (κ1) is 16.7. The Labute approximate surface area is 144 Å². The second kappa shape index (κ2) is 6.78. The van der Waals surface area contributed by atoms with E-state index in [1.165, 1.54) is 11.8 Å². The maximum absolute atomic E-state index is 11.9. The smallest absolute Gasteiger partial charge is 0.338 e. The van der Waals surface area contributed by atoms with Crippen LogP contribution < -0.4 is 0 Å². The van der Waals surface area contributed by atoms with Crippen molar-refractivity contribution >= 4 is 32.8 Å². The van der Waals surface area contributed by atoms with Crippen LogP contribution in [-0.4, -0.2) is 31.8 Å². The summed E-state index contributed by atoms with van der Waals surface area (Å²) in [5.74, 6) is 0.0425. The van der Waals surface area contributed by atoms with Gasteiger partial charge in [0.2, 0.25) is 0 Å². The van der Waals surface area contributed by atoms with Crippen molar-refractivity contribution in [3.05, 3.63) is 65.2 Å². The number of aryl methyl sites for hydroxylation is 1. The van der Waals surface area contributed by atoms with Gasteiger partial charge in [0.15, 0.2) is 0 Å². The number of carbonyl (C=O) groups excluding carboxylic acids is 1. The molecule has 0 fully saturated rings. The molecule has 0 saturated heterocycles. The number of benzene rings is 2. The maximum Gasteiger partial charge on any atom is 0.338 e. The molecule has 0 saturated carbocycles. The molecule has 0 spiro atoms. The standard InChI is InChI=1S/C17H15NO4S2/c1-12-5-4-6-13(11-12)17(19)22-9-10-23-16-14-7-2-3-8-15(14)24(20,21)18-16/h2-8,11H,9-10H2,1H3. The van der Waals surface area contributed by atoms with E-state index >= 15 is 0 Å². The van der Waals surface area contributed by atoms with E-state index in [0.717, 1.165) is 5.56 Å². The topological polar surface area (TPSA) is 72.8 Å². The van der Waals surface area contributed by atoms with Crippen molar-refractivity contribution < 1.29 is 17.9 Å². The van der Waals surface area contributed by atoms with Crippen LogP contribution in [0.25, 0.3) is 0 Å². The quantitative estimate of drug-likeness (QED) is 0.618. The van der Waals surface area contributed by atoms with Crippen LogP contribution in [0.5, 0.6) is 0 Å². The minimum absolute atomic E-state index is 0.179. The van der Waals surface area contributed by atoms with Crippen molar-refractivity contribution in [3.8, 4) is 0 Å². The van der Waals surface area contributed by atoms with Crippen LogP contribution in [0.4, 0.5) is 0 Å². The Morgan fingerprint density at radius 1 is 1.17 bits per heavy atom. The van der Waals surface area contributed by atoms with Crippen molar-refractivity contribution in [2.75, 3.05) is 12.4 Å². The Kier molecular flexibility index (Phi) is 4.73. The minimum atomic E-state index is -3.60. The highest BCUT2D eigenvalue weighted by Crippen LogP contribution is 2.30. The monoisotopic (exact) mass is 361 g/mol. The van der Waals surface area contributed by atoms with Gasteiger partial charge in [0, 0.05) is 11.3 Å². The Balaban J connectivity index is 1.57. The fourth-order valence-electron chi connectivity index (χ4n) is 2.31. The molecule has 0 unspecified atom stereocenters. The van der Waals surface area contributed by atoms with Crippen molar-refractivity contribution in [1.29, 1.82) is 0 Å². The number of sulfonamides is 1. The summed E-state index contributed by atoms with van der Waals surface area (Å²) in [5.41, 5.74) is 2.10. The third-order valence-electron chi connectivity index (χ3n) is 3.41. The SMILES string of the molecule is Cc1cccc(C(=O)OCCSC2=NS(=O)(=O)c3ccccc32)c1. The summed E-state index contributed by atoms with van der Waals surface area (Å²) in [4.78, 5) is 12.2. The highest BCUT2D eigenvalue weighted by Gasteiger charge is 2.28. The summed E-state index contributed by atoms with van der Waals surface area (Å²) in [7, 11) is -3.60. The van der Waals surface area contributed by atoms with Crippen molar-refractivity contribution in [2.24, 2.45) is 4.40 Å². The van der Waals surface area contributed by atoms with E-state index in [0.29, 0.717) is 21.9 Å². The van der Waals surface area contributed by atoms with Gasteiger partial charge in [-0.15, -0.1) is 11.8 Å². The second-order valence-corrected chi connectivity index (χ2v) is 7.88. The van der Waals surface area contributed by atoms with Gasteiger partial charge in [0.1, 0.15) is 11.7 Å². The van der Waals surface area contributed by atoms with Gasteiger partial charge in [-0.3, -0.25) is 0 Å². The molecule has 7 heteroatoms. The van der Waals surface area contributed by atoms with Gasteiger partial charge in [0.05, 0.1) is 10.5 Å². The van der Waals surface area contributed by atoms with Gasteiger partial charge in [0.25, 0.3) is 10.0 Å². The van der Waals surface area contributed by atoms with Gasteiger partial charge < -0.3 is 4.74 Å². The van der Waals surface area contributed by atoms with Crippen molar-refractivity contribution in [2.45, 2.75) is 11.8 Å². The lowest BCUT2D eigenvalue weighted by molar-refractivity contribution is 0.0530. The average molecular weight is 361 g/mol. The highest BCUT2D eigenvalue weighted by molar-refractivity contribution is 8.15. The molecule has 0 aromatic heterocycles. The van der Waals surface area contributed by atoms with E-state index in [4.69, 9.17) is 4.74 Å². The molecule has 124 valence electrons. The van der Waals surface area contributed by atoms with E-state index in [-0.39, 0.29) is 17.5 Å². The third-order valence-corrected chi connectivity index (χ3v) is 5.81. The van der Waals surface area contributed by atoms with Gasteiger partial charge in [-0.1, -0.05) is 35.9 Å². The summed E-state index contributed by atoms with van der Waals surface area (Å²) >= 11 is 1.26. The highest BCUT2D eigenvalue weighted by atomic mass is 32.2. The van der Waals surface area contributed by atoms with E-state index in [9.17, 15) is 13.2 Å². The zero-order chi connectivity index (χ0) is 17.2. The van der Waals surface area contributed by atoms with Crippen LogP contribution in [-0.2, 0) is 14.8 Å². The predicted molar refractivity (Wildman–Crippen MR) is 94.1 cm³/mol. The summed E-state index contributed by atoms with van der Waals surface area (Å²) in [6.07, 6.45) is 0. The number of nitrogens with zero attached hydrogens (tertiary/aromatic N) is 1. The molecule has 0 bridgehead atoms. The molecule has 3 rings (SSSR count). The lowest BCUT2D eigenvalue weighted by Crippen LogP contribution is -2.09. The molecule has 2 aromatic carbocycles. The van der Waals surface area contributed by atoms with Gasteiger partial charge in [-0.2, -0.15) is 12.8 Å². The minimum Gasteiger partial charge on any atom is -0.461 e. The predicted octanol–water partition coefficient (Wildman–Crippen LogP) is 3.03. The molecule has 0 amide bonds. The van der Waals surface area contributed by atoms with Gasteiger partial charge in [-0.25, -0.2) is 4.79 Å². The van der Waals surface area contributed by atoms with E-state index < -0.39 is 10.0 Å². The molecule has 5 nitrogen and oxygen atoms in total. The van der Waals surface area contributed by atoms with Crippen molar-refractivity contribution in [1.82, 2.24) is 0 Å². The molecule has 1 heterocycles. The molecule has 1 aliphatic rings. The molecule has 0 aliphatic carbocycles. The first-order chi connectivity index (χ1) is 11.5. The van der Waals surface area contributed by atoms with E-state index in [1.807, 2.05) is 13.0 Å². The van der Waals surface area contributed by atoms with E-state index in [2.05, 4.69) is 4.40 Å². The summed E-state index contributed by atoms with van der Waals surface area (Å²) in [6, 6.07) is 13.9. The zero-order valence-electron chi connectivity index (χ0n) is 12.9. The van der Waals surface area contributed by atoms with Crippen LogP contribution in [0.15, 0.2) is 57.8 Å². The van der Waals surface area contributed by atoms with Gasteiger partial charge in [-0.05, 0) is 25.1 Å². The van der Waals surface area contributed by atoms with Crippen LogP contribution in [0.3, 0.4) is 0 Å². The Hall–Kier alpha value is -2.12. The first-order valence-corrected chi connectivity index (χ1v) is 9.71. The number of hydrogen-bond donors (Lipinski definition) is 0. The molecular weight excluding hydrogens is 346 g/mol. The van der Waals surface area contributed by atoms with Crippen LogP contribution in [0, 0.1) is 6.92 Å². The molecule has 0 atom stereocenters. The fraction of sp³-hybridized carbons (Fsp3) is 0.176. The third kappa shape index (κ3) is 3.52. The molecule has 1 aliphatic heterocycles. The number of rotatable bonds is 4. The molecule has 0 N–H and O–H groups in total. The van der Waals surface area contributed by atoms with Gasteiger partial charge >= 0.3 is 5.97 Å². The van der Waals surface area contributed by atoms with Crippen LogP contribution >= 0.6 is 11.8 Å². The molecule has 2 aromatic rings. The second-order valence-electron chi connectivity index (χ2n) is 5.22. The van der Waals surface area contributed by atoms with Crippen LogP contribution in [0.2, 0.25) is 0 Å². The van der Waals surface area contributed by atoms with E-state index in [1.54, 1.807) is 42.5 Å².